The van der Waals surface area contributed by atoms with Gasteiger partial charge in [0.1, 0.15) is 0 Å². The fourth-order valence-corrected chi connectivity index (χ4v) is 1.67. The maximum Gasteiger partial charge on any atom is 0.227 e. The molecule has 0 saturated carbocycles. The van der Waals surface area contributed by atoms with Crippen LogP contribution in [0.15, 0.2) is 24.3 Å². The van der Waals surface area contributed by atoms with Crippen molar-refractivity contribution in [2.24, 2.45) is 5.73 Å². The molecule has 0 aliphatic rings. The maximum absolute atomic E-state index is 11.9. The summed E-state index contributed by atoms with van der Waals surface area (Å²) in [6.07, 6.45) is 1.44. The predicted molar refractivity (Wildman–Crippen MR) is 67.5 cm³/mol. The summed E-state index contributed by atoms with van der Waals surface area (Å²) in [6.45, 7) is 5.11. The van der Waals surface area contributed by atoms with E-state index in [-0.39, 0.29) is 5.91 Å². The van der Waals surface area contributed by atoms with E-state index in [1.165, 1.54) is 0 Å². The quantitative estimate of drug-likeness (QED) is 0.826. The predicted octanol–water partition coefficient (Wildman–Crippen LogP) is 2.09. The Morgan fingerprint density at radius 3 is 2.75 bits per heavy atom. The van der Waals surface area contributed by atoms with E-state index in [0.717, 1.165) is 17.7 Å². The van der Waals surface area contributed by atoms with E-state index in [0.29, 0.717) is 19.5 Å². The number of rotatable bonds is 5. The van der Waals surface area contributed by atoms with Gasteiger partial charge in [-0.3, -0.25) is 4.79 Å². The van der Waals surface area contributed by atoms with Gasteiger partial charge >= 0.3 is 0 Å². The van der Waals surface area contributed by atoms with Crippen molar-refractivity contribution in [3.05, 3.63) is 29.8 Å². The number of hydrogen-bond acceptors (Lipinski definition) is 2. The molecule has 0 fully saturated rings. The third kappa shape index (κ3) is 3.35. The monoisotopic (exact) mass is 220 g/mol. The molecule has 0 aliphatic heterocycles. The lowest BCUT2D eigenvalue weighted by atomic mass is 10.2. The van der Waals surface area contributed by atoms with Crippen LogP contribution in [0.2, 0.25) is 0 Å². The summed E-state index contributed by atoms with van der Waals surface area (Å²) < 4.78 is 0. The van der Waals surface area contributed by atoms with Gasteiger partial charge in [0.2, 0.25) is 5.91 Å². The molecule has 1 aromatic rings. The van der Waals surface area contributed by atoms with E-state index >= 15 is 0 Å². The third-order valence-corrected chi connectivity index (χ3v) is 2.43. The summed E-state index contributed by atoms with van der Waals surface area (Å²) in [4.78, 5) is 13.7. The van der Waals surface area contributed by atoms with Gasteiger partial charge in [0.15, 0.2) is 0 Å². The highest BCUT2D eigenvalue weighted by Crippen LogP contribution is 2.16. The Labute approximate surface area is 97.2 Å². The number of benzene rings is 1. The zero-order chi connectivity index (χ0) is 12.0. The first-order valence-electron chi connectivity index (χ1n) is 5.76. The summed E-state index contributed by atoms with van der Waals surface area (Å²) in [6, 6.07) is 7.96. The molecule has 0 bridgehead atoms. The average Bonchev–Trinajstić information content (AvgIpc) is 2.26. The number of nitrogens with zero attached hydrogens (tertiary/aromatic N) is 1. The summed E-state index contributed by atoms with van der Waals surface area (Å²) in [5.74, 6) is 0.151. The van der Waals surface area contributed by atoms with Crippen LogP contribution >= 0.6 is 0 Å². The number of hydrogen-bond donors (Lipinski definition) is 1. The second-order valence-corrected chi connectivity index (χ2v) is 3.92. The van der Waals surface area contributed by atoms with Crippen molar-refractivity contribution in [1.29, 1.82) is 0 Å². The Balaban J connectivity index is 2.88. The van der Waals surface area contributed by atoms with Crippen molar-refractivity contribution in [3.8, 4) is 0 Å². The van der Waals surface area contributed by atoms with Crippen LogP contribution in [0.5, 0.6) is 0 Å². The van der Waals surface area contributed by atoms with E-state index in [2.05, 4.69) is 0 Å². The highest BCUT2D eigenvalue weighted by atomic mass is 16.2. The van der Waals surface area contributed by atoms with Crippen LogP contribution in [-0.2, 0) is 4.79 Å². The first-order valence-corrected chi connectivity index (χ1v) is 5.76. The average molecular weight is 220 g/mol. The standard InChI is InChI=1S/C13H20N2O/c1-3-5-13(16)15(9-8-14)12-7-4-6-11(2)10-12/h4,6-7,10H,3,5,8-9,14H2,1-2H3. The van der Waals surface area contributed by atoms with Gasteiger partial charge in [-0.15, -0.1) is 0 Å². The van der Waals surface area contributed by atoms with Crippen molar-refractivity contribution in [2.45, 2.75) is 26.7 Å². The minimum absolute atomic E-state index is 0.151. The smallest absolute Gasteiger partial charge is 0.227 e. The summed E-state index contributed by atoms with van der Waals surface area (Å²) >= 11 is 0. The Hall–Kier alpha value is -1.35. The second-order valence-electron chi connectivity index (χ2n) is 3.92. The molecule has 0 aromatic heterocycles. The van der Waals surface area contributed by atoms with Crippen LogP contribution in [0.1, 0.15) is 25.3 Å². The molecule has 88 valence electrons. The molecule has 0 aliphatic carbocycles. The fraction of sp³-hybridized carbons (Fsp3) is 0.462. The lowest BCUT2D eigenvalue weighted by Gasteiger charge is -2.22. The Morgan fingerprint density at radius 1 is 1.44 bits per heavy atom. The largest absolute Gasteiger partial charge is 0.329 e. The highest BCUT2D eigenvalue weighted by Gasteiger charge is 2.13. The normalized spacial score (nSPS) is 10.2. The molecule has 16 heavy (non-hydrogen) atoms. The zero-order valence-electron chi connectivity index (χ0n) is 10.1. The molecule has 0 heterocycles. The van der Waals surface area contributed by atoms with Crippen LogP contribution in [0.3, 0.4) is 0 Å². The molecule has 3 heteroatoms. The molecular weight excluding hydrogens is 200 g/mol. The first-order chi connectivity index (χ1) is 7.69. The molecule has 0 spiro atoms. The SMILES string of the molecule is CCCC(=O)N(CCN)c1cccc(C)c1. The lowest BCUT2D eigenvalue weighted by molar-refractivity contribution is -0.118. The molecule has 0 atom stereocenters. The van der Waals surface area contributed by atoms with Crippen molar-refractivity contribution in [3.63, 3.8) is 0 Å². The molecule has 3 nitrogen and oxygen atoms in total. The van der Waals surface area contributed by atoms with Crippen LogP contribution in [0, 0.1) is 6.92 Å². The first kappa shape index (κ1) is 12.7. The topological polar surface area (TPSA) is 46.3 Å². The van der Waals surface area contributed by atoms with E-state index < -0.39 is 0 Å². The summed E-state index contributed by atoms with van der Waals surface area (Å²) in [7, 11) is 0. The van der Waals surface area contributed by atoms with E-state index in [1.54, 1.807) is 4.90 Å². The Morgan fingerprint density at radius 2 is 2.19 bits per heavy atom. The highest BCUT2D eigenvalue weighted by molar-refractivity contribution is 5.93. The molecule has 1 amide bonds. The van der Waals surface area contributed by atoms with Crippen LogP contribution < -0.4 is 10.6 Å². The fourth-order valence-electron chi connectivity index (χ4n) is 1.67. The van der Waals surface area contributed by atoms with E-state index in [1.807, 2.05) is 38.1 Å². The van der Waals surface area contributed by atoms with Gasteiger partial charge in [-0.1, -0.05) is 19.1 Å². The van der Waals surface area contributed by atoms with Gasteiger partial charge in [-0.2, -0.15) is 0 Å². The van der Waals surface area contributed by atoms with Crippen LogP contribution in [-0.4, -0.2) is 19.0 Å². The number of aryl methyl sites for hydroxylation is 1. The van der Waals surface area contributed by atoms with Crippen molar-refractivity contribution < 1.29 is 4.79 Å². The van der Waals surface area contributed by atoms with E-state index in [4.69, 9.17) is 5.73 Å². The number of amides is 1. The number of carbonyl (C=O) groups excluding carboxylic acids is 1. The molecule has 2 N–H and O–H groups in total. The zero-order valence-corrected chi connectivity index (χ0v) is 10.1. The summed E-state index contributed by atoms with van der Waals surface area (Å²) in [5, 5.41) is 0. The van der Waals surface area contributed by atoms with Gasteiger partial charge < -0.3 is 10.6 Å². The van der Waals surface area contributed by atoms with E-state index in [9.17, 15) is 4.79 Å². The third-order valence-electron chi connectivity index (χ3n) is 2.43. The molecule has 0 unspecified atom stereocenters. The minimum Gasteiger partial charge on any atom is -0.329 e. The number of anilines is 1. The van der Waals surface area contributed by atoms with Gasteiger partial charge in [0, 0.05) is 25.2 Å². The lowest BCUT2D eigenvalue weighted by Crippen LogP contribution is -2.35. The number of nitrogens with two attached hydrogens (primary N) is 1. The summed E-state index contributed by atoms with van der Waals surface area (Å²) in [5.41, 5.74) is 7.65. The van der Waals surface area contributed by atoms with Crippen molar-refractivity contribution in [2.75, 3.05) is 18.0 Å². The van der Waals surface area contributed by atoms with Crippen molar-refractivity contribution in [1.82, 2.24) is 0 Å². The van der Waals surface area contributed by atoms with Crippen LogP contribution in [0.25, 0.3) is 0 Å². The van der Waals surface area contributed by atoms with Crippen LogP contribution in [0.4, 0.5) is 5.69 Å². The maximum atomic E-state index is 11.9. The Kier molecular flexibility index (Phi) is 4.99. The number of carbonyl (C=O) groups is 1. The minimum atomic E-state index is 0.151. The van der Waals surface area contributed by atoms with Gasteiger partial charge in [0.25, 0.3) is 0 Å². The molecule has 0 radical (unpaired) electrons. The van der Waals surface area contributed by atoms with Gasteiger partial charge in [-0.25, -0.2) is 0 Å². The Bertz CT molecular complexity index is 350. The molecule has 1 aromatic carbocycles. The van der Waals surface area contributed by atoms with Gasteiger partial charge in [0.05, 0.1) is 0 Å². The molecular formula is C13H20N2O. The van der Waals surface area contributed by atoms with Crippen molar-refractivity contribution >= 4 is 11.6 Å². The molecule has 0 saturated heterocycles. The molecule has 1 rings (SSSR count). The van der Waals surface area contributed by atoms with Gasteiger partial charge in [-0.05, 0) is 31.0 Å². The second kappa shape index (κ2) is 6.28.